The fourth-order valence-corrected chi connectivity index (χ4v) is 2.26. The second-order valence-corrected chi connectivity index (χ2v) is 4.38. The van der Waals surface area contributed by atoms with Crippen LogP contribution in [0.15, 0.2) is 60.7 Å². The Balaban J connectivity index is 1.86. The first-order valence-electron chi connectivity index (χ1n) is 6.01. The summed E-state index contributed by atoms with van der Waals surface area (Å²) in [4.78, 5) is 12.4. The average Bonchev–Trinajstić information content (AvgIpc) is 2.83. The molecule has 0 spiro atoms. The van der Waals surface area contributed by atoms with Gasteiger partial charge in [0.1, 0.15) is 12.1 Å². The van der Waals surface area contributed by atoms with Crippen LogP contribution in [0.25, 0.3) is 0 Å². The van der Waals surface area contributed by atoms with Crippen LogP contribution >= 0.6 is 0 Å². The molecule has 3 rings (SSSR count). The van der Waals surface area contributed by atoms with Crippen LogP contribution in [-0.2, 0) is 4.79 Å². The Kier molecular flexibility index (Phi) is 2.92. The summed E-state index contributed by atoms with van der Waals surface area (Å²) in [6.45, 7) is 0. The van der Waals surface area contributed by atoms with Gasteiger partial charge in [-0.2, -0.15) is 0 Å². The molecule has 90 valence electrons. The van der Waals surface area contributed by atoms with Crippen molar-refractivity contribution in [3.05, 3.63) is 71.8 Å². The van der Waals surface area contributed by atoms with Crippen LogP contribution in [0.1, 0.15) is 23.2 Å². The van der Waals surface area contributed by atoms with E-state index in [1.165, 1.54) is 0 Å². The van der Waals surface area contributed by atoms with Gasteiger partial charge in [0, 0.05) is 0 Å². The summed E-state index contributed by atoms with van der Waals surface area (Å²) in [7, 11) is 0. The summed E-state index contributed by atoms with van der Waals surface area (Å²) in [5, 5.41) is 0. The van der Waals surface area contributed by atoms with Crippen molar-refractivity contribution >= 4 is 5.78 Å². The van der Waals surface area contributed by atoms with Crippen molar-refractivity contribution in [3.8, 4) is 0 Å². The molecule has 1 heterocycles. The van der Waals surface area contributed by atoms with Gasteiger partial charge in [0.05, 0.1) is 0 Å². The van der Waals surface area contributed by atoms with Crippen molar-refractivity contribution in [2.24, 2.45) is 0 Å². The number of rotatable bonds is 2. The number of hydrazine groups is 1. The summed E-state index contributed by atoms with van der Waals surface area (Å²) in [6, 6.07) is 19.0. The fraction of sp³-hybridized carbons (Fsp3) is 0.133. The van der Waals surface area contributed by atoms with E-state index in [0.29, 0.717) is 0 Å². The van der Waals surface area contributed by atoms with Gasteiger partial charge in [-0.3, -0.25) is 4.79 Å². The van der Waals surface area contributed by atoms with Crippen molar-refractivity contribution in [1.82, 2.24) is 10.9 Å². The Morgan fingerprint density at radius 2 is 1.06 bits per heavy atom. The minimum Gasteiger partial charge on any atom is -0.295 e. The summed E-state index contributed by atoms with van der Waals surface area (Å²) >= 11 is 0. The maximum atomic E-state index is 12.4. The van der Waals surface area contributed by atoms with Gasteiger partial charge >= 0.3 is 0 Å². The van der Waals surface area contributed by atoms with Crippen LogP contribution in [0.5, 0.6) is 0 Å². The molecule has 2 aromatic rings. The number of ketones is 1. The highest BCUT2D eigenvalue weighted by Gasteiger charge is 2.35. The third kappa shape index (κ3) is 1.94. The predicted molar refractivity (Wildman–Crippen MR) is 69.6 cm³/mol. The molecule has 0 radical (unpaired) electrons. The van der Waals surface area contributed by atoms with Crippen molar-refractivity contribution in [2.75, 3.05) is 0 Å². The monoisotopic (exact) mass is 238 g/mol. The lowest BCUT2D eigenvalue weighted by Crippen LogP contribution is -2.26. The Morgan fingerprint density at radius 1 is 0.667 bits per heavy atom. The lowest BCUT2D eigenvalue weighted by atomic mass is 9.96. The number of carbonyl (C=O) groups is 1. The zero-order chi connectivity index (χ0) is 12.4. The zero-order valence-electron chi connectivity index (χ0n) is 9.84. The van der Waals surface area contributed by atoms with Crippen LogP contribution in [0, 0.1) is 0 Å². The van der Waals surface area contributed by atoms with Crippen molar-refractivity contribution in [3.63, 3.8) is 0 Å². The molecule has 0 saturated carbocycles. The van der Waals surface area contributed by atoms with Gasteiger partial charge in [-0.15, -0.1) is 0 Å². The van der Waals surface area contributed by atoms with Gasteiger partial charge < -0.3 is 0 Å². The molecule has 0 amide bonds. The van der Waals surface area contributed by atoms with E-state index in [1.54, 1.807) is 0 Å². The van der Waals surface area contributed by atoms with Crippen LogP contribution < -0.4 is 10.9 Å². The molecule has 3 heteroatoms. The molecule has 2 atom stereocenters. The summed E-state index contributed by atoms with van der Waals surface area (Å²) in [5.74, 6) is 0.160. The van der Waals surface area contributed by atoms with E-state index < -0.39 is 0 Å². The first-order valence-corrected chi connectivity index (χ1v) is 6.01. The van der Waals surface area contributed by atoms with Crippen LogP contribution in [0.4, 0.5) is 0 Å². The maximum absolute atomic E-state index is 12.4. The standard InChI is InChI=1S/C15H14N2O/c18-15-13(11-7-3-1-4-8-11)16-17-14(15)12-9-5-2-6-10-12/h1-10,13-14,16-17H/t13-,14?/m0/s1. The van der Waals surface area contributed by atoms with Crippen molar-refractivity contribution in [1.29, 1.82) is 0 Å². The number of benzene rings is 2. The Labute approximate surface area is 106 Å². The number of hydrogen-bond donors (Lipinski definition) is 2. The topological polar surface area (TPSA) is 41.1 Å². The van der Waals surface area contributed by atoms with Gasteiger partial charge in [0.2, 0.25) is 0 Å². The predicted octanol–water partition coefficient (Wildman–Crippen LogP) is 2.15. The summed E-state index contributed by atoms with van der Waals surface area (Å²) in [6.07, 6.45) is 0. The van der Waals surface area contributed by atoms with Gasteiger partial charge in [0.25, 0.3) is 0 Å². The van der Waals surface area contributed by atoms with Crippen LogP contribution in [0.2, 0.25) is 0 Å². The molecule has 18 heavy (non-hydrogen) atoms. The Bertz CT molecular complexity index is 489. The molecule has 1 aliphatic rings. The highest BCUT2D eigenvalue weighted by Crippen LogP contribution is 2.26. The van der Waals surface area contributed by atoms with E-state index in [0.717, 1.165) is 11.1 Å². The number of hydrogen-bond acceptors (Lipinski definition) is 3. The molecule has 1 aliphatic heterocycles. The first-order chi connectivity index (χ1) is 8.86. The first kappa shape index (κ1) is 11.1. The quantitative estimate of drug-likeness (QED) is 0.842. The zero-order valence-corrected chi connectivity index (χ0v) is 9.84. The normalized spacial score (nSPS) is 23.2. The van der Waals surface area contributed by atoms with Crippen LogP contribution in [-0.4, -0.2) is 5.78 Å². The molecule has 0 aliphatic carbocycles. The second kappa shape index (κ2) is 4.72. The number of Topliss-reactive ketones (excluding diaryl/α,β-unsaturated/α-hetero) is 1. The number of carbonyl (C=O) groups excluding carboxylic acids is 1. The van der Waals surface area contributed by atoms with Gasteiger partial charge in [0.15, 0.2) is 5.78 Å². The summed E-state index contributed by atoms with van der Waals surface area (Å²) < 4.78 is 0. The second-order valence-electron chi connectivity index (χ2n) is 4.38. The lowest BCUT2D eigenvalue weighted by Gasteiger charge is -2.09. The van der Waals surface area contributed by atoms with Gasteiger partial charge in [-0.25, -0.2) is 10.9 Å². The highest BCUT2D eigenvalue weighted by atomic mass is 16.1. The minimum absolute atomic E-state index is 0.160. The van der Waals surface area contributed by atoms with E-state index in [4.69, 9.17) is 0 Å². The smallest absolute Gasteiger partial charge is 0.178 e. The summed E-state index contributed by atoms with van der Waals surface area (Å²) in [5.41, 5.74) is 8.13. The van der Waals surface area contributed by atoms with Gasteiger partial charge in [-0.1, -0.05) is 60.7 Å². The van der Waals surface area contributed by atoms with Crippen LogP contribution in [0.3, 0.4) is 0 Å². The number of nitrogens with one attached hydrogen (secondary N) is 2. The van der Waals surface area contributed by atoms with E-state index >= 15 is 0 Å². The maximum Gasteiger partial charge on any atom is 0.178 e. The SMILES string of the molecule is O=C1C(c2ccccc2)NN[C@H]1c1ccccc1. The van der Waals surface area contributed by atoms with E-state index in [-0.39, 0.29) is 17.9 Å². The molecular weight excluding hydrogens is 224 g/mol. The molecule has 1 saturated heterocycles. The highest BCUT2D eigenvalue weighted by molar-refractivity contribution is 5.92. The Morgan fingerprint density at radius 3 is 1.44 bits per heavy atom. The molecule has 0 bridgehead atoms. The van der Waals surface area contributed by atoms with E-state index in [1.807, 2.05) is 60.7 Å². The molecule has 1 unspecified atom stereocenters. The minimum atomic E-state index is -0.267. The Hall–Kier alpha value is -1.97. The average molecular weight is 238 g/mol. The third-order valence-electron chi connectivity index (χ3n) is 3.21. The third-order valence-corrected chi connectivity index (χ3v) is 3.21. The fourth-order valence-electron chi connectivity index (χ4n) is 2.26. The van der Waals surface area contributed by atoms with E-state index in [9.17, 15) is 4.79 Å². The molecule has 3 nitrogen and oxygen atoms in total. The van der Waals surface area contributed by atoms with Gasteiger partial charge in [-0.05, 0) is 11.1 Å². The molecule has 0 aromatic heterocycles. The van der Waals surface area contributed by atoms with E-state index in [2.05, 4.69) is 10.9 Å². The molecular formula is C15H14N2O. The molecule has 1 fully saturated rings. The molecule has 2 aromatic carbocycles. The molecule has 2 N–H and O–H groups in total. The lowest BCUT2D eigenvalue weighted by molar-refractivity contribution is -0.120. The van der Waals surface area contributed by atoms with Crippen molar-refractivity contribution in [2.45, 2.75) is 12.1 Å². The largest absolute Gasteiger partial charge is 0.295 e. The van der Waals surface area contributed by atoms with Crippen molar-refractivity contribution < 1.29 is 4.79 Å².